The molecule has 0 bridgehead atoms. The minimum absolute atomic E-state index is 0.0179. The minimum atomic E-state index is -5.39. The number of hydrogen-bond donors (Lipinski definition) is 1. The van der Waals surface area contributed by atoms with Crippen LogP contribution >= 0.6 is 0 Å². The van der Waals surface area contributed by atoms with Crippen LogP contribution in [0.1, 0.15) is 11.1 Å². The lowest BCUT2D eigenvalue weighted by atomic mass is 10.1. The zero-order valence-electron chi connectivity index (χ0n) is 19.1. The molecule has 37 heavy (non-hydrogen) atoms. The van der Waals surface area contributed by atoms with Crippen LogP contribution in [-0.4, -0.2) is 50.3 Å². The van der Waals surface area contributed by atoms with E-state index in [2.05, 4.69) is 11.8 Å². The van der Waals surface area contributed by atoms with Crippen molar-refractivity contribution in [2.24, 2.45) is 5.73 Å². The molecule has 2 N–H and O–H groups in total. The van der Waals surface area contributed by atoms with E-state index in [4.69, 9.17) is 10.5 Å². The van der Waals surface area contributed by atoms with Crippen molar-refractivity contribution in [1.29, 1.82) is 0 Å². The van der Waals surface area contributed by atoms with Gasteiger partial charge in [-0.25, -0.2) is 14.0 Å². The van der Waals surface area contributed by atoms with Gasteiger partial charge in [-0.1, -0.05) is 11.8 Å². The van der Waals surface area contributed by atoms with Gasteiger partial charge in [0.05, 0.1) is 24.3 Å². The number of carbonyl (C=O) groups is 2. The van der Waals surface area contributed by atoms with Crippen molar-refractivity contribution in [3.63, 3.8) is 0 Å². The normalized spacial score (nSPS) is 13.9. The molecule has 0 aliphatic carbocycles. The van der Waals surface area contributed by atoms with Gasteiger partial charge in [-0.15, -0.1) is 0 Å². The number of ether oxygens (including phenoxy) is 1. The molecule has 1 aliphatic heterocycles. The van der Waals surface area contributed by atoms with Gasteiger partial charge in [0.2, 0.25) is 0 Å². The molecule has 0 unspecified atom stereocenters. The third kappa shape index (κ3) is 6.23. The van der Waals surface area contributed by atoms with E-state index in [1.807, 2.05) is 0 Å². The van der Waals surface area contributed by atoms with Gasteiger partial charge in [0.15, 0.2) is 5.75 Å². The van der Waals surface area contributed by atoms with E-state index in [0.29, 0.717) is 11.0 Å². The van der Waals surface area contributed by atoms with Crippen LogP contribution in [0.25, 0.3) is 0 Å². The number of urea groups is 1. The van der Waals surface area contributed by atoms with Gasteiger partial charge in [0.25, 0.3) is 0 Å². The molecule has 1 heterocycles. The van der Waals surface area contributed by atoms with Crippen molar-refractivity contribution in [3.8, 4) is 17.6 Å². The Labute approximate surface area is 206 Å². The van der Waals surface area contributed by atoms with Gasteiger partial charge >= 0.3 is 24.5 Å². The van der Waals surface area contributed by atoms with Crippen LogP contribution in [0.15, 0.2) is 36.4 Å². The Hall–Kier alpha value is -3.99. The number of anilines is 2. The van der Waals surface area contributed by atoms with Gasteiger partial charge in [-0.3, -0.25) is 9.80 Å². The van der Waals surface area contributed by atoms with E-state index >= 15 is 0 Å². The Bertz CT molecular complexity index is 1230. The molecule has 3 amide bonds. The van der Waals surface area contributed by atoms with Crippen LogP contribution in [0.3, 0.4) is 0 Å². The third-order valence-electron chi connectivity index (χ3n) is 5.26. The van der Waals surface area contributed by atoms with E-state index in [1.165, 1.54) is 0 Å². The summed E-state index contributed by atoms with van der Waals surface area (Å²) in [7, 11) is 1.10. The summed E-state index contributed by atoms with van der Waals surface area (Å²) in [6.07, 6.45) is -12.0. The molecule has 2 aromatic carbocycles. The summed E-state index contributed by atoms with van der Waals surface area (Å²) in [5, 5.41) is 0. The number of halogens is 7. The van der Waals surface area contributed by atoms with E-state index in [-0.39, 0.29) is 37.9 Å². The van der Waals surface area contributed by atoms with Crippen molar-refractivity contribution in [1.82, 2.24) is 4.90 Å². The van der Waals surface area contributed by atoms with Crippen molar-refractivity contribution >= 4 is 23.5 Å². The summed E-state index contributed by atoms with van der Waals surface area (Å²) >= 11 is 0. The summed E-state index contributed by atoms with van der Waals surface area (Å²) in [4.78, 5) is 28.0. The number of hydrogen-bond acceptors (Lipinski definition) is 4. The highest BCUT2D eigenvalue weighted by atomic mass is 19.4. The first kappa shape index (κ1) is 27.6. The van der Waals surface area contributed by atoms with Gasteiger partial charge in [0, 0.05) is 25.8 Å². The molecule has 0 saturated carbocycles. The lowest BCUT2D eigenvalue weighted by molar-refractivity contribution is -0.143. The Morgan fingerprint density at radius 2 is 1.70 bits per heavy atom. The highest BCUT2D eigenvalue weighted by molar-refractivity contribution is 5.97. The first-order valence-electron chi connectivity index (χ1n) is 10.5. The van der Waals surface area contributed by atoms with Crippen LogP contribution in [0.4, 0.5) is 51.7 Å². The highest BCUT2D eigenvalue weighted by Crippen LogP contribution is 2.46. The van der Waals surface area contributed by atoms with Gasteiger partial charge in [-0.2, -0.15) is 26.3 Å². The lowest BCUT2D eigenvalue weighted by Gasteiger charge is -2.25. The maximum absolute atomic E-state index is 13.9. The van der Waals surface area contributed by atoms with Crippen molar-refractivity contribution in [2.45, 2.75) is 12.4 Å². The molecular weight excluding hydrogens is 513 g/mol. The zero-order chi connectivity index (χ0) is 27.5. The van der Waals surface area contributed by atoms with E-state index < -0.39 is 52.9 Å². The van der Waals surface area contributed by atoms with E-state index in [9.17, 15) is 40.3 Å². The van der Waals surface area contributed by atoms with Crippen LogP contribution in [0.5, 0.6) is 5.75 Å². The predicted octanol–water partition coefficient (Wildman–Crippen LogP) is 4.70. The van der Waals surface area contributed by atoms with E-state index in [1.54, 1.807) is 0 Å². The first-order chi connectivity index (χ1) is 17.2. The van der Waals surface area contributed by atoms with Gasteiger partial charge in [-0.05, 0) is 36.4 Å². The van der Waals surface area contributed by atoms with Crippen LogP contribution in [-0.2, 0) is 12.4 Å². The molecule has 2 aromatic rings. The topological polar surface area (TPSA) is 79.1 Å². The molecule has 1 aliphatic rings. The summed E-state index contributed by atoms with van der Waals surface area (Å²) < 4.78 is 100. The summed E-state index contributed by atoms with van der Waals surface area (Å²) in [5.41, 5.74) is 0.764. The molecule has 0 radical (unpaired) electrons. The minimum Gasteiger partial charge on any atom is -0.407 e. The molecule has 7 nitrogen and oxygen atoms in total. The second kappa shape index (κ2) is 10.6. The fraction of sp³-hybridized carbons (Fsp3) is 0.304. The molecule has 0 atom stereocenters. The number of alkyl halides is 6. The van der Waals surface area contributed by atoms with Gasteiger partial charge < -0.3 is 15.4 Å². The predicted molar refractivity (Wildman–Crippen MR) is 118 cm³/mol. The number of amides is 3. The van der Waals surface area contributed by atoms with Crippen LogP contribution in [0, 0.1) is 17.7 Å². The second-order valence-corrected chi connectivity index (χ2v) is 7.68. The Morgan fingerprint density at radius 3 is 2.27 bits per heavy atom. The van der Waals surface area contributed by atoms with Gasteiger partial charge in [0.1, 0.15) is 11.4 Å². The second-order valence-electron chi connectivity index (χ2n) is 7.68. The molecular formula is C23H19F7N4O3. The van der Waals surface area contributed by atoms with E-state index in [0.717, 1.165) is 41.1 Å². The average molecular weight is 532 g/mol. The highest BCUT2D eigenvalue weighted by Gasteiger charge is 2.44. The summed E-state index contributed by atoms with van der Waals surface area (Å²) in [6, 6.07) is 3.41. The lowest BCUT2D eigenvalue weighted by Crippen LogP contribution is -2.34. The maximum atomic E-state index is 13.9. The largest absolute Gasteiger partial charge is 0.420 e. The van der Waals surface area contributed by atoms with Crippen molar-refractivity contribution in [2.75, 3.05) is 43.0 Å². The molecule has 14 heteroatoms. The fourth-order valence-electron chi connectivity index (χ4n) is 3.40. The molecule has 1 saturated heterocycles. The third-order valence-corrected chi connectivity index (χ3v) is 5.26. The smallest absolute Gasteiger partial charge is 0.407 e. The summed E-state index contributed by atoms with van der Waals surface area (Å²) in [5.74, 6) is 3.12. The number of nitrogens with zero attached hydrogens (tertiary/aromatic N) is 3. The Morgan fingerprint density at radius 1 is 1.05 bits per heavy atom. The molecule has 3 rings (SSSR count). The quantitative estimate of drug-likeness (QED) is 0.458. The number of benzene rings is 2. The van der Waals surface area contributed by atoms with Crippen LogP contribution < -0.4 is 20.3 Å². The molecule has 1 fully saturated rings. The number of carbonyl (C=O) groups excluding carboxylic acids is 2. The average Bonchev–Trinajstić information content (AvgIpc) is 3.17. The Balaban J connectivity index is 2.10. The number of nitrogens with two attached hydrogens (primary N) is 1. The summed E-state index contributed by atoms with van der Waals surface area (Å²) in [6.45, 7) is -0.561. The van der Waals surface area contributed by atoms with Crippen molar-refractivity contribution in [3.05, 3.63) is 53.3 Å². The molecule has 198 valence electrons. The fourth-order valence-corrected chi connectivity index (χ4v) is 3.40. The van der Waals surface area contributed by atoms with Crippen molar-refractivity contribution < 1.29 is 45.1 Å². The monoisotopic (exact) mass is 532 g/mol. The van der Waals surface area contributed by atoms with Crippen LogP contribution in [0.2, 0.25) is 0 Å². The Kier molecular flexibility index (Phi) is 7.87. The SMILES string of the molecule is CN(C(=O)Oc1c(N2CCN(CC#CCN)C2=O)cc(C(F)(F)F)cc1C(F)(F)F)c1ccc(F)cc1. The first-order valence-corrected chi connectivity index (χ1v) is 10.5. The number of rotatable bonds is 4. The standard InChI is InChI=1S/C23H19F7N4O3/c1-32(16-6-4-15(24)5-7-16)21(36)37-19-17(23(28,29)30)12-14(22(25,26)27)13-18(19)34-11-10-33(20(34)35)9-3-2-8-31/h4-7,12-13H,8-11,31H2,1H3. The molecule has 0 aromatic heterocycles. The zero-order valence-corrected chi connectivity index (χ0v) is 19.1. The maximum Gasteiger partial charge on any atom is 0.420 e. The molecule has 0 spiro atoms.